The van der Waals surface area contributed by atoms with Crippen LogP contribution >= 0.6 is 12.2 Å². The van der Waals surface area contributed by atoms with E-state index in [2.05, 4.69) is 23.4 Å². The Hall–Kier alpha value is -0.610. The maximum absolute atomic E-state index is 5.51. The molecule has 1 rings (SSSR count). The number of nitrogens with one attached hydrogen (secondary N) is 1. The highest BCUT2D eigenvalue weighted by molar-refractivity contribution is 7.71. The van der Waals surface area contributed by atoms with E-state index in [1.165, 1.54) is 0 Å². The summed E-state index contributed by atoms with van der Waals surface area (Å²) in [5.41, 5.74) is 1.11. The first-order chi connectivity index (χ1) is 7.09. The van der Waals surface area contributed by atoms with Gasteiger partial charge in [-0.25, -0.2) is 0 Å². The Morgan fingerprint density at radius 3 is 2.80 bits per heavy atom. The molecule has 0 aliphatic carbocycles. The second-order valence-electron chi connectivity index (χ2n) is 4.26. The molecule has 1 N–H and O–H groups in total. The van der Waals surface area contributed by atoms with Crippen LogP contribution in [0.1, 0.15) is 26.0 Å². The van der Waals surface area contributed by atoms with Crippen LogP contribution in [-0.4, -0.2) is 22.8 Å². The molecule has 15 heavy (non-hydrogen) atoms. The van der Waals surface area contributed by atoms with Crippen molar-refractivity contribution in [2.45, 2.75) is 33.7 Å². The van der Waals surface area contributed by atoms with Gasteiger partial charge in [0.25, 0.3) is 0 Å². The Bertz CT molecular complexity index is 341. The average Bonchev–Trinajstić information content (AvgIpc) is 2.44. The van der Waals surface area contributed by atoms with Crippen LogP contribution in [-0.2, 0) is 11.3 Å². The fourth-order valence-corrected chi connectivity index (χ4v) is 1.69. The molecule has 0 atom stereocenters. The van der Waals surface area contributed by atoms with Gasteiger partial charge in [-0.3, -0.25) is 0 Å². The Balaban J connectivity index is 2.21. The molecule has 0 unspecified atom stereocenters. The number of ether oxygens (including phenoxy) is 1. The van der Waals surface area contributed by atoms with Gasteiger partial charge in [0.05, 0.1) is 0 Å². The lowest BCUT2D eigenvalue weighted by atomic mass is 10.2. The molecule has 0 saturated heterocycles. The number of aromatic amines is 1. The predicted octanol–water partition coefficient (Wildman–Crippen LogP) is 2.92. The molecule has 1 aromatic rings. The maximum atomic E-state index is 5.51. The summed E-state index contributed by atoms with van der Waals surface area (Å²) in [7, 11) is 0. The van der Waals surface area contributed by atoms with E-state index in [1.807, 2.05) is 13.1 Å². The summed E-state index contributed by atoms with van der Waals surface area (Å²) < 4.78 is 8.37. The molecular weight excluding hydrogens is 208 g/mol. The fraction of sp³-hybridized carbons (Fsp3) is 0.727. The first kappa shape index (κ1) is 12.5. The van der Waals surface area contributed by atoms with E-state index in [9.17, 15) is 0 Å². The van der Waals surface area contributed by atoms with E-state index < -0.39 is 0 Å². The van der Waals surface area contributed by atoms with Crippen molar-refractivity contribution in [3.63, 3.8) is 0 Å². The van der Waals surface area contributed by atoms with E-state index in [0.29, 0.717) is 5.92 Å². The van der Waals surface area contributed by atoms with Crippen LogP contribution in [0.2, 0.25) is 0 Å². The zero-order valence-corrected chi connectivity index (χ0v) is 10.6. The quantitative estimate of drug-likeness (QED) is 0.599. The third-order valence-corrected chi connectivity index (χ3v) is 2.39. The lowest BCUT2D eigenvalue weighted by Crippen LogP contribution is -2.06. The molecule has 0 aromatic carbocycles. The molecule has 0 saturated carbocycles. The summed E-state index contributed by atoms with van der Waals surface area (Å²) in [6.07, 6.45) is 3.06. The minimum Gasteiger partial charge on any atom is -0.381 e. The number of rotatable bonds is 6. The summed E-state index contributed by atoms with van der Waals surface area (Å²) in [5, 5.41) is 0. The smallest absolute Gasteiger partial charge is 0.177 e. The third kappa shape index (κ3) is 4.62. The largest absolute Gasteiger partial charge is 0.381 e. The highest BCUT2D eigenvalue weighted by atomic mass is 32.1. The van der Waals surface area contributed by atoms with Gasteiger partial charge in [-0.15, -0.1) is 0 Å². The first-order valence-electron chi connectivity index (χ1n) is 5.43. The van der Waals surface area contributed by atoms with Gasteiger partial charge in [0.15, 0.2) is 4.77 Å². The van der Waals surface area contributed by atoms with Gasteiger partial charge in [-0.1, -0.05) is 13.8 Å². The first-order valence-corrected chi connectivity index (χ1v) is 5.84. The second-order valence-corrected chi connectivity index (χ2v) is 4.64. The van der Waals surface area contributed by atoms with E-state index >= 15 is 0 Å². The molecule has 1 heterocycles. The lowest BCUT2D eigenvalue weighted by molar-refractivity contribution is 0.105. The van der Waals surface area contributed by atoms with Crippen molar-refractivity contribution in [2.24, 2.45) is 5.92 Å². The van der Waals surface area contributed by atoms with Crippen LogP contribution in [0.15, 0.2) is 6.20 Å². The Morgan fingerprint density at radius 1 is 1.53 bits per heavy atom. The van der Waals surface area contributed by atoms with Crippen molar-refractivity contribution >= 4 is 12.2 Å². The van der Waals surface area contributed by atoms with Crippen molar-refractivity contribution in [1.29, 1.82) is 0 Å². The van der Waals surface area contributed by atoms with Gasteiger partial charge in [-0.05, 0) is 31.5 Å². The normalized spacial score (nSPS) is 11.2. The molecule has 0 aliphatic rings. The second kappa shape index (κ2) is 6.08. The number of aryl methyl sites for hydroxylation is 2. The third-order valence-electron chi connectivity index (χ3n) is 2.05. The molecule has 0 amide bonds. The van der Waals surface area contributed by atoms with Crippen LogP contribution < -0.4 is 0 Å². The summed E-state index contributed by atoms with van der Waals surface area (Å²) in [6.45, 7) is 8.92. The molecule has 0 radical (unpaired) electrons. The lowest BCUT2D eigenvalue weighted by Gasteiger charge is -2.06. The molecule has 0 aliphatic heterocycles. The molecule has 1 aromatic heterocycles. The topological polar surface area (TPSA) is 29.9 Å². The van der Waals surface area contributed by atoms with E-state index in [0.717, 1.165) is 36.6 Å². The average molecular weight is 228 g/mol. The number of H-pyrrole nitrogens is 1. The van der Waals surface area contributed by atoms with Gasteiger partial charge in [0.2, 0.25) is 0 Å². The van der Waals surface area contributed by atoms with E-state index in [4.69, 9.17) is 17.0 Å². The van der Waals surface area contributed by atoms with Crippen molar-refractivity contribution in [3.8, 4) is 0 Å². The van der Waals surface area contributed by atoms with Crippen molar-refractivity contribution in [2.75, 3.05) is 13.2 Å². The van der Waals surface area contributed by atoms with Crippen molar-refractivity contribution in [1.82, 2.24) is 9.55 Å². The van der Waals surface area contributed by atoms with Crippen LogP contribution in [0.25, 0.3) is 0 Å². The fourth-order valence-electron chi connectivity index (χ4n) is 1.39. The Labute approximate surface area is 96.5 Å². The van der Waals surface area contributed by atoms with Gasteiger partial charge in [0.1, 0.15) is 0 Å². The molecule has 4 heteroatoms. The highest BCUT2D eigenvalue weighted by Gasteiger charge is 1.97. The van der Waals surface area contributed by atoms with Crippen LogP contribution in [0.3, 0.4) is 0 Å². The zero-order valence-electron chi connectivity index (χ0n) is 9.75. The standard InChI is InChI=1S/C11H20N2OS/c1-9(2)8-14-6-4-5-13-7-10(3)12-11(13)15/h7,9H,4-6,8H2,1-3H3,(H,12,15). The van der Waals surface area contributed by atoms with E-state index in [1.54, 1.807) is 0 Å². The molecule has 0 fully saturated rings. The minimum absolute atomic E-state index is 0.613. The molecule has 0 spiro atoms. The van der Waals surface area contributed by atoms with Gasteiger partial charge < -0.3 is 14.3 Å². The van der Waals surface area contributed by atoms with Crippen molar-refractivity contribution < 1.29 is 4.74 Å². The van der Waals surface area contributed by atoms with Crippen LogP contribution in [0.4, 0.5) is 0 Å². The van der Waals surface area contributed by atoms with Crippen LogP contribution in [0.5, 0.6) is 0 Å². The summed E-state index contributed by atoms with van der Waals surface area (Å²) in [5.74, 6) is 0.613. The summed E-state index contributed by atoms with van der Waals surface area (Å²) >= 11 is 5.16. The van der Waals surface area contributed by atoms with E-state index in [-0.39, 0.29) is 0 Å². The minimum atomic E-state index is 0.613. The van der Waals surface area contributed by atoms with Gasteiger partial charge in [0, 0.05) is 31.6 Å². The summed E-state index contributed by atoms with van der Waals surface area (Å²) in [6, 6.07) is 0. The SMILES string of the molecule is Cc1cn(CCCOCC(C)C)c(=S)[nH]1. The number of aromatic nitrogens is 2. The number of imidazole rings is 1. The monoisotopic (exact) mass is 228 g/mol. The molecular formula is C11H20N2OS. The summed E-state index contributed by atoms with van der Waals surface area (Å²) in [4.78, 5) is 3.10. The Kier molecular flexibility index (Phi) is 5.05. The number of hydrogen-bond donors (Lipinski definition) is 1. The number of hydrogen-bond acceptors (Lipinski definition) is 2. The number of nitrogens with zero attached hydrogens (tertiary/aromatic N) is 1. The highest BCUT2D eigenvalue weighted by Crippen LogP contribution is 2.00. The predicted molar refractivity (Wildman–Crippen MR) is 64.6 cm³/mol. The molecule has 0 bridgehead atoms. The van der Waals surface area contributed by atoms with Gasteiger partial charge >= 0.3 is 0 Å². The van der Waals surface area contributed by atoms with Gasteiger partial charge in [-0.2, -0.15) is 0 Å². The zero-order chi connectivity index (χ0) is 11.3. The maximum Gasteiger partial charge on any atom is 0.177 e. The Morgan fingerprint density at radius 2 is 2.27 bits per heavy atom. The van der Waals surface area contributed by atoms with Crippen molar-refractivity contribution in [3.05, 3.63) is 16.7 Å². The molecule has 3 nitrogen and oxygen atoms in total. The molecule has 86 valence electrons. The van der Waals surface area contributed by atoms with Crippen LogP contribution in [0, 0.1) is 17.6 Å².